The highest BCUT2D eigenvalue weighted by Gasteiger charge is 2.16. The van der Waals surface area contributed by atoms with E-state index >= 15 is 0 Å². The first-order chi connectivity index (χ1) is 8.79. The molecular weight excluding hydrogens is 220 g/mol. The Kier molecular flexibility index (Phi) is 5.06. The predicted molar refractivity (Wildman–Crippen MR) is 78.6 cm³/mol. The lowest BCUT2D eigenvalue weighted by Crippen LogP contribution is -2.34. The summed E-state index contributed by atoms with van der Waals surface area (Å²) in [5, 5.41) is 0. The molecule has 1 aromatic carbocycles. The standard InChI is InChI=1S/C16H26N2/c1-2-14-9-12-18(13-10-14)11-5-7-15-6-3-4-8-16(15)17/h3-4,6,8,14H,2,5,7,9-13,17H2,1H3. The molecule has 0 aromatic heterocycles. The van der Waals surface area contributed by atoms with Gasteiger partial charge < -0.3 is 10.6 Å². The maximum atomic E-state index is 5.96. The zero-order valence-corrected chi connectivity index (χ0v) is 11.6. The minimum Gasteiger partial charge on any atom is -0.399 e. The molecule has 0 atom stereocenters. The predicted octanol–water partition coefficient (Wildman–Crippen LogP) is 3.32. The summed E-state index contributed by atoms with van der Waals surface area (Å²) in [6, 6.07) is 8.24. The largest absolute Gasteiger partial charge is 0.399 e. The first kappa shape index (κ1) is 13.4. The van der Waals surface area contributed by atoms with Crippen molar-refractivity contribution < 1.29 is 0 Å². The average molecular weight is 246 g/mol. The summed E-state index contributed by atoms with van der Waals surface area (Å²) < 4.78 is 0. The van der Waals surface area contributed by atoms with Gasteiger partial charge in [-0.25, -0.2) is 0 Å². The molecule has 1 fully saturated rings. The van der Waals surface area contributed by atoms with E-state index in [4.69, 9.17) is 5.73 Å². The molecule has 2 nitrogen and oxygen atoms in total. The van der Waals surface area contributed by atoms with E-state index in [2.05, 4.69) is 24.0 Å². The quantitative estimate of drug-likeness (QED) is 0.808. The fraction of sp³-hybridized carbons (Fsp3) is 0.625. The Bertz CT molecular complexity index is 354. The summed E-state index contributed by atoms with van der Waals surface area (Å²) in [4.78, 5) is 2.62. The summed E-state index contributed by atoms with van der Waals surface area (Å²) in [5.41, 5.74) is 8.22. The van der Waals surface area contributed by atoms with E-state index in [9.17, 15) is 0 Å². The number of nitrogens with two attached hydrogens (primary N) is 1. The number of aryl methyl sites for hydroxylation is 1. The monoisotopic (exact) mass is 246 g/mol. The van der Waals surface area contributed by atoms with Crippen LogP contribution < -0.4 is 5.73 Å². The topological polar surface area (TPSA) is 29.3 Å². The van der Waals surface area contributed by atoms with Crippen molar-refractivity contribution in [3.05, 3.63) is 29.8 Å². The lowest BCUT2D eigenvalue weighted by Gasteiger charge is -2.31. The van der Waals surface area contributed by atoms with Crippen LogP contribution in [0.2, 0.25) is 0 Å². The van der Waals surface area contributed by atoms with Crippen molar-refractivity contribution in [2.24, 2.45) is 5.92 Å². The second-order valence-electron chi connectivity index (χ2n) is 5.50. The summed E-state index contributed by atoms with van der Waals surface area (Å²) in [6.07, 6.45) is 6.48. The zero-order valence-electron chi connectivity index (χ0n) is 11.6. The Balaban J connectivity index is 1.69. The van der Waals surface area contributed by atoms with Crippen LogP contribution in [0.3, 0.4) is 0 Å². The Morgan fingerprint density at radius 1 is 1.22 bits per heavy atom. The van der Waals surface area contributed by atoms with Gasteiger partial charge in [-0.05, 0) is 62.9 Å². The fourth-order valence-corrected chi connectivity index (χ4v) is 2.87. The van der Waals surface area contributed by atoms with Gasteiger partial charge in [-0.1, -0.05) is 31.5 Å². The number of piperidine rings is 1. The smallest absolute Gasteiger partial charge is 0.0346 e. The minimum absolute atomic E-state index is 0.946. The molecule has 18 heavy (non-hydrogen) atoms. The number of benzene rings is 1. The van der Waals surface area contributed by atoms with Gasteiger partial charge in [0.1, 0.15) is 0 Å². The molecule has 1 heterocycles. The number of hydrogen-bond donors (Lipinski definition) is 1. The Hall–Kier alpha value is -1.02. The van der Waals surface area contributed by atoms with Gasteiger partial charge in [-0.2, -0.15) is 0 Å². The van der Waals surface area contributed by atoms with E-state index in [0.717, 1.165) is 18.0 Å². The van der Waals surface area contributed by atoms with Gasteiger partial charge in [-0.3, -0.25) is 0 Å². The van der Waals surface area contributed by atoms with Crippen LogP contribution in [-0.2, 0) is 6.42 Å². The third-order valence-corrected chi connectivity index (χ3v) is 4.26. The fourth-order valence-electron chi connectivity index (χ4n) is 2.87. The summed E-state index contributed by atoms with van der Waals surface area (Å²) in [5.74, 6) is 0.978. The molecule has 0 aliphatic carbocycles. The molecule has 0 radical (unpaired) electrons. The Morgan fingerprint density at radius 3 is 2.61 bits per heavy atom. The number of hydrogen-bond acceptors (Lipinski definition) is 2. The second-order valence-corrected chi connectivity index (χ2v) is 5.50. The summed E-state index contributed by atoms with van der Waals surface area (Å²) >= 11 is 0. The maximum absolute atomic E-state index is 5.96. The number of para-hydroxylation sites is 1. The van der Waals surface area contributed by atoms with E-state index in [-0.39, 0.29) is 0 Å². The number of rotatable bonds is 5. The van der Waals surface area contributed by atoms with E-state index in [1.807, 2.05) is 12.1 Å². The summed E-state index contributed by atoms with van der Waals surface area (Å²) in [7, 11) is 0. The molecule has 0 saturated carbocycles. The van der Waals surface area contributed by atoms with Crippen LogP contribution in [0.4, 0.5) is 5.69 Å². The normalized spacial score (nSPS) is 18.1. The summed E-state index contributed by atoms with van der Waals surface area (Å²) in [6.45, 7) is 6.13. The molecular formula is C16H26N2. The van der Waals surface area contributed by atoms with Gasteiger partial charge in [0.05, 0.1) is 0 Å². The van der Waals surface area contributed by atoms with Crippen LogP contribution in [0.15, 0.2) is 24.3 Å². The van der Waals surface area contributed by atoms with Crippen molar-refractivity contribution in [2.45, 2.75) is 39.0 Å². The number of likely N-dealkylation sites (tertiary alicyclic amines) is 1. The molecule has 1 aliphatic rings. The lowest BCUT2D eigenvalue weighted by molar-refractivity contribution is 0.180. The Morgan fingerprint density at radius 2 is 1.94 bits per heavy atom. The molecule has 2 N–H and O–H groups in total. The minimum atomic E-state index is 0.946. The van der Waals surface area contributed by atoms with Crippen molar-refractivity contribution in [1.29, 1.82) is 0 Å². The van der Waals surface area contributed by atoms with E-state index in [1.165, 1.54) is 50.9 Å². The highest BCUT2D eigenvalue weighted by molar-refractivity contribution is 5.46. The van der Waals surface area contributed by atoms with E-state index in [0.29, 0.717) is 0 Å². The van der Waals surface area contributed by atoms with Gasteiger partial charge in [-0.15, -0.1) is 0 Å². The first-order valence-electron chi connectivity index (χ1n) is 7.35. The first-order valence-corrected chi connectivity index (χ1v) is 7.35. The molecule has 0 amide bonds. The second kappa shape index (κ2) is 6.79. The molecule has 0 unspecified atom stereocenters. The van der Waals surface area contributed by atoms with Crippen LogP contribution in [0.1, 0.15) is 38.2 Å². The SMILES string of the molecule is CCC1CCN(CCCc2ccccc2N)CC1. The molecule has 2 heteroatoms. The van der Waals surface area contributed by atoms with Gasteiger partial charge in [0.25, 0.3) is 0 Å². The Labute approximate surface area is 111 Å². The van der Waals surface area contributed by atoms with Crippen LogP contribution in [0, 0.1) is 5.92 Å². The van der Waals surface area contributed by atoms with Crippen LogP contribution in [-0.4, -0.2) is 24.5 Å². The van der Waals surface area contributed by atoms with Gasteiger partial charge in [0.15, 0.2) is 0 Å². The number of nitrogens with zero attached hydrogens (tertiary/aromatic N) is 1. The molecule has 100 valence electrons. The third-order valence-electron chi connectivity index (χ3n) is 4.26. The lowest BCUT2D eigenvalue weighted by atomic mass is 9.94. The molecule has 0 bridgehead atoms. The van der Waals surface area contributed by atoms with Crippen LogP contribution in [0.5, 0.6) is 0 Å². The number of nitrogen functional groups attached to an aromatic ring is 1. The number of anilines is 1. The zero-order chi connectivity index (χ0) is 12.8. The molecule has 1 saturated heterocycles. The molecule has 2 rings (SSSR count). The molecule has 0 spiro atoms. The highest BCUT2D eigenvalue weighted by Crippen LogP contribution is 2.20. The van der Waals surface area contributed by atoms with E-state index < -0.39 is 0 Å². The maximum Gasteiger partial charge on any atom is 0.0346 e. The van der Waals surface area contributed by atoms with Crippen molar-refractivity contribution in [3.8, 4) is 0 Å². The van der Waals surface area contributed by atoms with Gasteiger partial charge >= 0.3 is 0 Å². The molecule has 1 aliphatic heterocycles. The molecule has 1 aromatic rings. The van der Waals surface area contributed by atoms with Crippen molar-refractivity contribution in [2.75, 3.05) is 25.4 Å². The van der Waals surface area contributed by atoms with Gasteiger partial charge in [0, 0.05) is 5.69 Å². The van der Waals surface area contributed by atoms with Crippen molar-refractivity contribution in [3.63, 3.8) is 0 Å². The third kappa shape index (κ3) is 3.74. The van der Waals surface area contributed by atoms with Crippen LogP contribution >= 0.6 is 0 Å². The highest BCUT2D eigenvalue weighted by atomic mass is 15.1. The van der Waals surface area contributed by atoms with E-state index in [1.54, 1.807) is 0 Å². The van der Waals surface area contributed by atoms with Gasteiger partial charge in [0.2, 0.25) is 0 Å². The average Bonchev–Trinajstić information content (AvgIpc) is 2.42. The van der Waals surface area contributed by atoms with Crippen LogP contribution in [0.25, 0.3) is 0 Å². The van der Waals surface area contributed by atoms with Crippen molar-refractivity contribution >= 4 is 5.69 Å². The van der Waals surface area contributed by atoms with Crippen molar-refractivity contribution in [1.82, 2.24) is 4.90 Å².